The largest absolute Gasteiger partial charge is 0.206 e. The van der Waals surface area contributed by atoms with Gasteiger partial charge < -0.3 is 0 Å². The van der Waals surface area contributed by atoms with Crippen molar-refractivity contribution in [3.05, 3.63) is 53.1 Å². The molecule has 2 aromatic rings. The number of aryl methyl sites for hydroxylation is 2. The van der Waals surface area contributed by atoms with E-state index >= 15 is 0 Å². The van der Waals surface area contributed by atoms with Gasteiger partial charge in [-0.3, -0.25) is 0 Å². The summed E-state index contributed by atoms with van der Waals surface area (Å²) in [5.74, 6) is -1.08. The average molecular weight is 250 g/mol. The van der Waals surface area contributed by atoms with Crippen molar-refractivity contribution < 1.29 is 8.78 Å². The number of benzene rings is 2. The Bertz CT molecular complexity index is 553. The maximum absolute atomic E-state index is 13.4. The van der Waals surface area contributed by atoms with Crippen LogP contribution in [-0.2, 0) is 0 Å². The van der Waals surface area contributed by atoms with E-state index in [9.17, 15) is 8.78 Å². The van der Waals surface area contributed by atoms with E-state index in [1.54, 1.807) is 0 Å². The molecule has 0 saturated carbocycles. The van der Waals surface area contributed by atoms with Gasteiger partial charge in [0.1, 0.15) is 11.6 Å². The van der Waals surface area contributed by atoms with Gasteiger partial charge in [0.2, 0.25) is 0 Å². The third kappa shape index (κ3) is 2.37. The normalized spacial score (nSPS) is 10.6. The molecule has 0 aliphatic carbocycles. The number of hydrogen-bond donors (Lipinski definition) is 0. The van der Waals surface area contributed by atoms with E-state index < -0.39 is 11.6 Å². The van der Waals surface area contributed by atoms with Crippen LogP contribution in [0.1, 0.15) is 11.1 Å². The monoisotopic (exact) mass is 250 g/mol. The van der Waals surface area contributed by atoms with Crippen molar-refractivity contribution in [3.8, 4) is 11.1 Å². The Balaban J connectivity index is 2.57. The Labute approximate surface area is 102 Å². The summed E-state index contributed by atoms with van der Waals surface area (Å²) in [7, 11) is 2.07. The first-order valence-electron chi connectivity index (χ1n) is 5.31. The molecule has 0 aliphatic heterocycles. The smallest absolute Gasteiger partial charge is 0.133 e. The molecule has 2 rings (SSSR count). The number of hydrogen-bond acceptors (Lipinski definition) is 0. The first-order chi connectivity index (χ1) is 7.99. The minimum absolute atomic E-state index is 0.0161. The van der Waals surface area contributed by atoms with E-state index in [0.717, 1.165) is 16.7 Å². The van der Waals surface area contributed by atoms with E-state index in [2.05, 4.69) is 9.24 Å². The molecule has 0 fully saturated rings. The predicted octanol–water partition coefficient (Wildman–Crippen LogP) is 3.75. The van der Waals surface area contributed by atoms with Crippen LogP contribution in [-0.4, -0.2) is 0 Å². The predicted molar refractivity (Wildman–Crippen MR) is 70.6 cm³/mol. The molecule has 0 N–H and O–H groups in total. The molecule has 3 heteroatoms. The third-order valence-electron chi connectivity index (χ3n) is 2.92. The highest BCUT2D eigenvalue weighted by atomic mass is 31.0. The van der Waals surface area contributed by atoms with Crippen LogP contribution in [0.25, 0.3) is 11.1 Å². The summed E-state index contributed by atoms with van der Waals surface area (Å²) in [6.45, 7) is 3.99. The van der Waals surface area contributed by atoms with Crippen molar-refractivity contribution in [2.45, 2.75) is 13.8 Å². The molecule has 0 amide bonds. The molecule has 0 aromatic heterocycles. The molecule has 17 heavy (non-hydrogen) atoms. The number of rotatable bonds is 1. The van der Waals surface area contributed by atoms with Gasteiger partial charge in [0.05, 0.1) is 0 Å². The molecule has 88 valence electrons. The van der Waals surface area contributed by atoms with Crippen molar-refractivity contribution in [3.63, 3.8) is 0 Å². The van der Waals surface area contributed by atoms with Gasteiger partial charge in [-0.1, -0.05) is 27.4 Å². The van der Waals surface area contributed by atoms with Crippen molar-refractivity contribution in [2.75, 3.05) is 0 Å². The van der Waals surface area contributed by atoms with Crippen molar-refractivity contribution in [1.29, 1.82) is 0 Å². The SMILES string of the molecule is Cc1ccc(-c2cc(F)c(P)c(F)c2)cc1C. The summed E-state index contributed by atoms with van der Waals surface area (Å²) in [6.07, 6.45) is 0. The van der Waals surface area contributed by atoms with Crippen LogP contribution < -0.4 is 5.30 Å². The number of halogens is 2. The lowest BCUT2D eigenvalue weighted by molar-refractivity contribution is 0.599. The highest BCUT2D eigenvalue weighted by Gasteiger charge is 2.08. The third-order valence-corrected chi connectivity index (χ3v) is 3.47. The fraction of sp³-hybridized carbons (Fsp3) is 0.143. The fourth-order valence-electron chi connectivity index (χ4n) is 1.67. The molecule has 0 radical (unpaired) electrons. The van der Waals surface area contributed by atoms with E-state index in [-0.39, 0.29) is 5.30 Å². The Morgan fingerprint density at radius 1 is 0.824 bits per heavy atom. The molecule has 0 nitrogen and oxygen atoms in total. The second-order valence-corrected chi connectivity index (χ2v) is 4.73. The molecule has 1 atom stereocenters. The Hall–Kier alpha value is -1.27. The summed E-state index contributed by atoms with van der Waals surface area (Å²) in [6, 6.07) is 8.48. The van der Waals surface area contributed by atoms with Crippen LogP contribution >= 0.6 is 9.24 Å². The van der Waals surface area contributed by atoms with Crippen LogP contribution in [0.3, 0.4) is 0 Å². The molecule has 0 saturated heterocycles. The average Bonchev–Trinajstić information content (AvgIpc) is 2.29. The van der Waals surface area contributed by atoms with Crippen molar-refractivity contribution in [2.24, 2.45) is 0 Å². The Morgan fingerprint density at radius 3 is 1.94 bits per heavy atom. The van der Waals surface area contributed by atoms with Gasteiger partial charge in [-0.05, 0) is 48.2 Å². The maximum atomic E-state index is 13.4. The maximum Gasteiger partial charge on any atom is 0.133 e. The zero-order valence-electron chi connectivity index (χ0n) is 9.72. The van der Waals surface area contributed by atoms with Gasteiger partial charge in [-0.15, -0.1) is 0 Å². The highest BCUT2D eigenvalue weighted by Crippen LogP contribution is 2.23. The van der Waals surface area contributed by atoms with Gasteiger partial charge in [0.25, 0.3) is 0 Å². The van der Waals surface area contributed by atoms with Crippen LogP contribution in [0.5, 0.6) is 0 Å². The second-order valence-electron chi connectivity index (χ2n) is 4.15. The molecule has 0 bridgehead atoms. The zero-order chi connectivity index (χ0) is 12.6. The van der Waals surface area contributed by atoms with Crippen LogP contribution in [0.15, 0.2) is 30.3 Å². The van der Waals surface area contributed by atoms with Gasteiger partial charge in [-0.25, -0.2) is 8.78 Å². The molecule has 1 unspecified atom stereocenters. The topological polar surface area (TPSA) is 0 Å². The van der Waals surface area contributed by atoms with Gasteiger partial charge in [-0.2, -0.15) is 0 Å². The van der Waals surface area contributed by atoms with Gasteiger partial charge in [0.15, 0.2) is 0 Å². The molecule has 2 aromatic carbocycles. The summed E-state index contributed by atoms with van der Waals surface area (Å²) in [5, 5.41) is -0.0161. The van der Waals surface area contributed by atoms with Gasteiger partial charge in [0, 0.05) is 5.30 Å². The second kappa shape index (κ2) is 4.54. The van der Waals surface area contributed by atoms with E-state index in [4.69, 9.17) is 0 Å². The van der Waals surface area contributed by atoms with Crippen LogP contribution in [0, 0.1) is 25.5 Å². The lowest BCUT2D eigenvalue weighted by Crippen LogP contribution is -2.04. The molecular weight excluding hydrogens is 237 g/mol. The van der Waals surface area contributed by atoms with E-state index in [1.807, 2.05) is 32.0 Å². The molecule has 0 spiro atoms. The van der Waals surface area contributed by atoms with E-state index in [0.29, 0.717) is 5.56 Å². The Morgan fingerprint density at radius 2 is 1.41 bits per heavy atom. The highest BCUT2D eigenvalue weighted by molar-refractivity contribution is 7.27. The molecule has 0 heterocycles. The van der Waals surface area contributed by atoms with Gasteiger partial charge >= 0.3 is 0 Å². The minimum atomic E-state index is -0.539. The standard InChI is InChI=1S/C14H13F2P/c1-8-3-4-10(5-9(8)2)11-6-12(15)14(17)13(16)7-11/h3-7H,17H2,1-2H3. The van der Waals surface area contributed by atoms with Crippen molar-refractivity contribution >= 4 is 14.5 Å². The first-order valence-corrected chi connectivity index (χ1v) is 5.89. The first kappa shape index (κ1) is 12.2. The summed E-state index contributed by atoms with van der Waals surface area (Å²) >= 11 is 0. The molecule has 0 aliphatic rings. The summed E-state index contributed by atoms with van der Waals surface area (Å²) in [4.78, 5) is 0. The summed E-state index contributed by atoms with van der Waals surface area (Å²) in [5.41, 5.74) is 3.67. The Kier molecular flexibility index (Phi) is 3.26. The minimum Gasteiger partial charge on any atom is -0.206 e. The van der Waals surface area contributed by atoms with Crippen LogP contribution in [0.2, 0.25) is 0 Å². The summed E-state index contributed by atoms with van der Waals surface area (Å²) < 4.78 is 26.9. The van der Waals surface area contributed by atoms with Crippen LogP contribution in [0.4, 0.5) is 8.78 Å². The lowest BCUT2D eigenvalue weighted by Gasteiger charge is -2.07. The van der Waals surface area contributed by atoms with E-state index in [1.165, 1.54) is 12.1 Å². The van der Waals surface area contributed by atoms with Crippen molar-refractivity contribution in [1.82, 2.24) is 0 Å². The fourth-order valence-corrected chi connectivity index (χ4v) is 1.84. The quantitative estimate of drug-likeness (QED) is 0.676. The molecular formula is C14H13F2P. The lowest BCUT2D eigenvalue weighted by atomic mass is 10.0. The zero-order valence-corrected chi connectivity index (χ0v) is 10.9.